The van der Waals surface area contributed by atoms with Gasteiger partial charge in [-0.2, -0.15) is 0 Å². The summed E-state index contributed by atoms with van der Waals surface area (Å²) in [5, 5.41) is 11.6. The quantitative estimate of drug-likeness (QED) is 0.389. The van der Waals surface area contributed by atoms with Crippen molar-refractivity contribution in [1.82, 2.24) is 30.3 Å². The van der Waals surface area contributed by atoms with Crippen molar-refractivity contribution in [2.75, 3.05) is 37.6 Å². The van der Waals surface area contributed by atoms with Crippen LogP contribution in [-0.2, 0) is 4.79 Å². The topological polar surface area (TPSA) is 104 Å². The number of nitrogens with zero attached hydrogens (tertiary/aromatic N) is 6. The minimum absolute atomic E-state index is 0.0599. The molecule has 2 aromatic rings. The van der Waals surface area contributed by atoms with Crippen LogP contribution < -0.4 is 15.0 Å². The largest absolute Gasteiger partial charge is 0.434 e. The second-order valence-corrected chi connectivity index (χ2v) is 14.9. The van der Waals surface area contributed by atoms with Crippen LogP contribution in [0, 0.1) is 23.1 Å². The number of rotatable bonds is 9. The second kappa shape index (κ2) is 13.0. The van der Waals surface area contributed by atoms with Crippen molar-refractivity contribution in [3.63, 3.8) is 0 Å². The minimum Gasteiger partial charge on any atom is -0.434 e. The molecule has 11 heteroatoms. The molecule has 4 aliphatic rings. The van der Waals surface area contributed by atoms with Gasteiger partial charge in [-0.25, -0.2) is 9.37 Å². The van der Waals surface area contributed by atoms with E-state index in [1.807, 2.05) is 27.7 Å². The molecule has 1 aliphatic carbocycles. The number of aromatic nitrogens is 3. The smallest absolute Gasteiger partial charge is 0.282 e. The van der Waals surface area contributed by atoms with Gasteiger partial charge in [0.05, 0.1) is 5.56 Å². The molecule has 1 unspecified atom stereocenters. The molecule has 0 radical (unpaired) electrons. The lowest BCUT2D eigenvalue weighted by Gasteiger charge is -2.54. The van der Waals surface area contributed by atoms with Crippen LogP contribution in [0.5, 0.6) is 11.6 Å². The van der Waals surface area contributed by atoms with Crippen LogP contribution in [0.25, 0.3) is 0 Å². The van der Waals surface area contributed by atoms with Crippen LogP contribution in [-0.4, -0.2) is 87.1 Å². The van der Waals surface area contributed by atoms with Crippen LogP contribution in [0.3, 0.4) is 0 Å². The van der Waals surface area contributed by atoms with Crippen molar-refractivity contribution in [2.24, 2.45) is 17.3 Å². The first-order chi connectivity index (χ1) is 22.0. The molecule has 2 amide bonds. The van der Waals surface area contributed by atoms with Crippen LogP contribution >= 0.6 is 0 Å². The van der Waals surface area contributed by atoms with Gasteiger partial charge in [-0.1, -0.05) is 6.92 Å². The highest BCUT2D eigenvalue weighted by Gasteiger charge is 2.48. The van der Waals surface area contributed by atoms with E-state index in [-0.39, 0.29) is 58.0 Å². The lowest BCUT2D eigenvalue weighted by molar-refractivity contribution is -0.123. The summed E-state index contributed by atoms with van der Waals surface area (Å²) in [6.45, 7) is 15.0. The Morgan fingerprint density at radius 1 is 1.11 bits per heavy atom. The highest BCUT2D eigenvalue weighted by molar-refractivity contribution is 5.97. The Hall–Kier alpha value is -3.34. The van der Waals surface area contributed by atoms with E-state index in [2.05, 4.69) is 37.2 Å². The number of hydrogen-bond acceptors (Lipinski definition) is 8. The SMILES string of the molecule is CCC1CC2(CCC(CN3CCC4(CC3)CN(c3ncnnc3Oc3ccc(F)cc3C(=O)N(C(C)C)C(C)C)C4)CC2)NC1=O. The fraction of sp³-hybridized carbons (Fsp3) is 0.686. The van der Waals surface area contributed by atoms with Crippen molar-refractivity contribution in [2.45, 2.75) is 104 Å². The molecular weight excluding hydrogens is 585 g/mol. The van der Waals surface area contributed by atoms with Gasteiger partial charge in [-0.15, -0.1) is 10.2 Å². The maximum Gasteiger partial charge on any atom is 0.282 e. The van der Waals surface area contributed by atoms with Crippen molar-refractivity contribution in [3.8, 4) is 11.6 Å². The summed E-state index contributed by atoms with van der Waals surface area (Å²) >= 11 is 0. The number of piperidine rings is 1. The van der Waals surface area contributed by atoms with Crippen LogP contribution in [0.4, 0.5) is 10.2 Å². The van der Waals surface area contributed by atoms with E-state index in [4.69, 9.17) is 4.74 Å². The third-order valence-corrected chi connectivity index (χ3v) is 11.0. The van der Waals surface area contributed by atoms with Crippen molar-refractivity contribution >= 4 is 17.6 Å². The van der Waals surface area contributed by atoms with Gasteiger partial charge in [0, 0.05) is 48.6 Å². The number of likely N-dealkylation sites (tertiary alicyclic amines) is 1. The average molecular weight is 636 g/mol. The van der Waals surface area contributed by atoms with Crippen LogP contribution in [0.1, 0.15) is 96.3 Å². The zero-order valence-electron chi connectivity index (χ0n) is 28.1. The summed E-state index contributed by atoms with van der Waals surface area (Å²) in [6.07, 6.45) is 10.3. The predicted octanol–water partition coefficient (Wildman–Crippen LogP) is 5.44. The summed E-state index contributed by atoms with van der Waals surface area (Å²) in [4.78, 5) is 36.9. The number of hydrogen-bond donors (Lipinski definition) is 1. The van der Waals surface area contributed by atoms with Crippen LogP contribution in [0.2, 0.25) is 0 Å². The Bertz CT molecular complexity index is 1400. The lowest BCUT2D eigenvalue weighted by atomic mass is 9.71. The van der Waals surface area contributed by atoms with Gasteiger partial charge in [0.2, 0.25) is 5.91 Å². The first-order valence-electron chi connectivity index (χ1n) is 17.3. The Morgan fingerprint density at radius 2 is 1.80 bits per heavy atom. The predicted molar refractivity (Wildman–Crippen MR) is 174 cm³/mol. The third-order valence-electron chi connectivity index (χ3n) is 11.0. The van der Waals surface area contributed by atoms with Gasteiger partial charge in [-0.05, 0) is 116 Å². The number of anilines is 1. The lowest BCUT2D eigenvalue weighted by Crippen LogP contribution is -2.61. The maximum absolute atomic E-state index is 14.4. The molecule has 1 aromatic carbocycles. The first-order valence-corrected chi connectivity index (χ1v) is 17.3. The Morgan fingerprint density at radius 3 is 2.43 bits per heavy atom. The molecule has 10 nitrogen and oxygen atoms in total. The van der Waals surface area contributed by atoms with E-state index in [9.17, 15) is 14.0 Å². The summed E-state index contributed by atoms with van der Waals surface area (Å²) < 4.78 is 20.5. The molecule has 1 aromatic heterocycles. The summed E-state index contributed by atoms with van der Waals surface area (Å²) in [7, 11) is 0. The standard InChI is InChI=1S/C35H50FN7O3/c1-6-26-18-35(39-31(26)44)11-9-25(10-12-35)19-41-15-13-34(14-16-41)20-42(21-34)30-32(40-38-22-37-30)46-29-8-7-27(36)17-28(29)33(45)43(23(2)3)24(4)5/h7-8,17,22-26H,6,9-16,18-21H2,1-5H3,(H,39,44). The van der Waals surface area contributed by atoms with E-state index >= 15 is 0 Å². The molecule has 3 aliphatic heterocycles. The van der Waals surface area contributed by atoms with Gasteiger partial charge in [0.25, 0.3) is 11.8 Å². The van der Waals surface area contributed by atoms with Gasteiger partial charge in [0.1, 0.15) is 17.9 Å². The molecule has 6 rings (SSSR count). The molecule has 250 valence electrons. The molecule has 4 fully saturated rings. The summed E-state index contributed by atoms with van der Waals surface area (Å²) in [6, 6.07) is 3.86. The van der Waals surface area contributed by atoms with E-state index < -0.39 is 5.82 Å². The molecule has 4 heterocycles. The third kappa shape index (κ3) is 6.57. The zero-order valence-corrected chi connectivity index (χ0v) is 28.1. The van der Waals surface area contributed by atoms with E-state index in [1.54, 1.807) is 4.90 Å². The second-order valence-electron chi connectivity index (χ2n) is 14.9. The highest BCUT2D eigenvalue weighted by Crippen LogP contribution is 2.46. The molecule has 3 saturated heterocycles. The normalized spacial score (nSPS) is 26.1. The fourth-order valence-electron chi connectivity index (χ4n) is 8.46. The fourth-order valence-corrected chi connectivity index (χ4v) is 8.46. The number of halogens is 1. The zero-order chi connectivity index (χ0) is 32.6. The Kier molecular flexibility index (Phi) is 9.24. The van der Waals surface area contributed by atoms with Gasteiger partial charge in [0.15, 0.2) is 5.82 Å². The molecular formula is C35H50FN7O3. The maximum atomic E-state index is 14.4. The van der Waals surface area contributed by atoms with E-state index in [0.717, 1.165) is 71.2 Å². The van der Waals surface area contributed by atoms with E-state index in [0.29, 0.717) is 11.7 Å². The first kappa shape index (κ1) is 32.6. The van der Waals surface area contributed by atoms with Crippen molar-refractivity contribution in [1.29, 1.82) is 0 Å². The number of benzene rings is 1. The molecule has 2 spiro atoms. The van der Waals surface area contributed by atoms with Crippen molar-refractivity contribution < 1.29 is 18.7 Å². The highest BCUT2D eigenvalue weighted by atomic mass is 19.1. The number of ether oxygens (including phenoxy) is 1. The number of nitrogens with one attached hydrogen (secondary N) is 1. The van der Waals surface area contributed by atoms with Gasteiger partial charge in [-0.3, -0.25) is 9.59 Å². The number of carbonyl (C=O) groups is 2. The summed E-state index contributed by atoms with van der Waals surface area (Å²) in [5.74, 6) is 1.42. The van der Waals surface area contributed by atoms with Crippen molar-refractivity contribution in [3.05, 3.63) is 35.9 Å². The number of amides is 2. The monoisotopic (exact) mass is 635 g/mol. The number of carbonyl (C=O) groups excluding carboxylic acids is 2. The average Bonchev–Trinajstić information content (AvgIpc) is 3.33. The van der Waals surface area contributed by atoms with Crippen LogP contribution in [0.15, 0.2) is 24.5 Å². The van der Waals surface area contributed by atoms with Gasteiger partial charge < -0.3 is 24.8 Å². The van der Waals surface area contributed by atoms with E-state index in [1.165, 1.54) is 37.4 Å². The molecule has 0 bridgehead atoms. The molecule has 1 saturated carbocycles. The molecule has 46 heavy (non-hydrogen) atoms. The minimum atomic E-state index is -0.503. The Balaban J connectivity index is 1.04. The molecule has 1 atom stereocenters. The summed E-state index contributed by atoms with van der Waals surface area (Å²) in [5.41, 5.74) is 0.451. The Labute approximate surface area is 272 Å². The molecule has 1 N–H and O–H groups in total. The van der Waals surface area contributed by atoms with Gasteiger partial charge >= 0.3 is 0 Å².